The Balaban J connectivity index is 2.57. The number of nitrogens with two attached hydrogens (primary N) is 1. The minimum Gasteiger partial charge on any atom is -0.397 e. The molecule has 1 aromatic heterocycles. The van der Waals surface area contributed by atoms with Crippen molar-refractivity contribution in [3.8, 4) is 0 Å². The van der Waals surface area contributed by atoms with Gasteiger partial charge in [-0.3, -0.25) is 9.59 Å². The second kappa shape index (κ2) is 3.95. The molecular weight excluding hydrogens is 240 g/mol. The number of pyridine rings is 1. The minimum atomic E-state index is -0.148. The van der Waals surface area contributed by atoms with Crippen LogP contribution in [0.4, 0.5) is 5.69 Å². The second-order valence-electron chi connectivity index (χ2n) is 4.51. The number of nitrogens with one attached hydrogen (secondary N) is 1. The lowest BCUT2D eigenvalue weighted by molar-refractivity contribution is 0.101. The summed E-state index contributed by atoms with van der Waals surface area (Å²) in [5, 5.41) is 0.953. The Morgan fingerprint density at radius 2 is 1.84 bits per heavy atom. The van der Waals surface area contributed by atoms with Crippen LogP contribution in [0.2, 0.25) is 0 Å². The third-order valence-electron chi connectivity index (χ3n) is 3.29. The van der Waals surface area contributed by atoms with Crippen LogP contribution < -0.4 is 11.2 Å². The molecule has 0 radical (unpaired) electrons. The summed E-state index contributed by atoms with van der Waals surface area (Å²) in [6, 6.07) is 10.6. The number of carbonyl (C=O) groups excluding carboxylic acids is 1. The van der Waals surface area contributed by atoms with Gasteiger partial charge in [-0.15, -0.1) is 0 Å². The average molecular weight is 252 g/mol. The van der Waals surface area contributed by atoms with Crippen molar-refractivity contribution in [2.45, 2.75) is 6.92 Å². The van der Waals surface area contributed by atoms with E-state index in [4.69, 9.17) is 5.73 Å². The van der Waals surface area contributed by atoms with E-state index in [2.05, 4.69) is 4.98 Å². The van der Waals surface area contributed by atoms with E-state index in [1.807, 2.05) is 12.1 Å². The molecule has 0 atom stereocenters. The number of ketones is 1. The van der Waals surface area contributed by atoms with Gasteiger partial charge in [0.1, 0.15) is 0 Å². The highest BCUT2D eigenvalue weighted by molar-refractivity contribution is 6.08. The van der Waals surface area contributed by atoms with Gasteiger partial charge in [0.2, 0.25) is 0 Å². The van der Waals surface area contributed by atoms with E-state index in [9.17, 15) is 9.59 Å². The summed E-state index contributed by atoms with van der Waals surface area (Å²) in [6.07, 6.45) is 0. The minimum absolute atomic E-state index is 0.146. The number of nitrogen functional groups attached to an aromatic ring is 1. The van der Waals surface area contributed by atoms with Crippen molar-refractivity contribution in [3.05, 3.63) is 52.2 Å². The van der Waals surface area contributed by atoms with E-state index in [1.165, 1.54) is 6.92 Å². The van der Waals surface area contributed by atoms with Crippen LogP contribution in [-0.2, 0) is 0 Å². The molecule has 0 spiro atoms. The molecule has 0 fully saturated rings. The van der Waals surface area contributed by atoms with Crippen molar-refractivity contribution in [2.24, 2.45) is 0 Å². The normalized spacial score (nSPS) is 11.0. The Morgan fingerprint density at radius 1 is 1.11 bits per heavy atom. The molecule has 1 heterocycles. The zero-order valence-corrected chi connectivity index (χ0v) is 10.4. The van der Waals surface area contributed by atoms with Crippen molar-refractivity contribution in [2.75, 3.05) is 5.73 Å². The number of rotatable bonds is 1. The smallest absolute Gasteiger partial charge is 0.199 e. The molecule has 0 aliphatic carbocycles. The Bertz CT molecular complexity index is 878. The van der Waals surface area contributed by atoms with Crippen molar-refractivity contribution < 1.29 is 4.79 Å². The molecule has 3 rings (SSSR count). The van der Waals surface area contributed by atoms with Crippen LogP contribution in [-0.4, -0.2) is 10.8 Å². The van der Waals surface area contributed by atoms with Crippen molar-refractivity contribution in [1.29, 1.82) is 0 Å². The Labute approximate surface area is 108 Å². The average Bonchev–Trinajstić information content (AvgIpc) is 2.38. The Morgan fingerprint density at radius 3 is 2.58 bits per heavy atom. The molecule has 0 amide bonds. The van der Waals surface area contributed by atoms with E-state index >= 15 is 0 Å². The molecule has 3 N–H and O–H groups in total. The van der Waals surface area contributed by atoms with Gasteiger partial charge < -0.3 is 10.7 Å². The zero-order valence-electron chi connectivity index (χ0n) is 10.4. The maximum atomic E-state index is 12.5. The van der Waals surface area contributed by atoms with Gasteiger partial charge in [-0.25, -0.2) is 0 Å². The third-order valence-corrected chi connectivity index (χ3v) is 3.29. The number of hydrogen-bond donors (Lipinski definition) is 2. The van der Waals surface area contributed by atoms with Crippen LogP contribution >= 0.6 is 0 Å². The number of aromatic nitrogens is 1. The highest BCUT2D eigenvalue weighted by Gasteiger charge is 2.13. The summed E-state index contributed by atoms with van der Waals surface area (Å²) < 4.78 is 0. The highest BCUT2D eigenvalue weighted by Crippen LogP contribution is 2.23. The first-order chi connectivity index (χ1) is 9.09. The van der Waals surface area contributed by atoms with Crippen molar-refractivity contribution in [3.63, 3.8) is 0 Å². The predicted octanol–water partition coefficient (Wildman–Crippen LogP) is 2.47. The fourth-order valence-corrected chi connectivity index (χ4v) is 2.35. The standard InChI is InChI=1S/C15H12N2O2/c1-8(18)9-6-7-12-13(14(9)16)15(19)10-4-2-3-5-11(10)17-12/h2-7H,16H2,1H3,(H,17,19). The molecular formula is C15H12N2O2. The van der Waals surface area contributed by atoms with Crippen LogP contribution in [0.3, 0.4) is 0 Å². The molecule has 2 aromatic carbocycles. The molecule has 0 aliphatic heterocycles. The SMILES string of the molecule is CC(=O)c1ccc2[nH]c3ccccc3c(=O)c2c1N. The number of para-hydroxylation sites is 1. The molecule has 94 valence electrons. The molecule has 0 bridgehead atoms. The van der Waals surface area contributed by atoms with Gasteiger partial charge in [-0.1, -0.05) is 12.1 Å². The van der Waals surface area contributed by atoms with Crippen LogP contribution in [0.15, 0.2) is 41.2 Å². The highest BCUT2D eigenvalue weighted by atomic mass is 16.1. The van der Waals surface area contributed by atoms with Crippen LogP contribution in [0.25, 0.3) is 21.8 Å². The fourth-order valence-electron chi connectivity index (χ4n) is 2.35. The molecule has 4 nitrogen and oxygen atoms in total. The quantitative estimate of drug-likeness (QED) is 0.397. The van der Waals surface area contributed by atoms with Crippen LogP contribution in [0.5, 0.6) is 0 Å². The summed E-state index contributed by atoms with van der Waals surface area (Å²) in [7, 11) is 0. The summed E-state index contributed by atoms with van der Waals surface area (Å²) in [5.41, 5.74) is 7.86. The van der Waals surface area contributed by atoms with Gasteiger partial charge in [-0.2, -0.15) is 0 Å². The lowest BCUT2D eigenvalue weighted by Gasteiger charge is -2.08. The topological polar surface area (TPSA) is 76.0 Å². The first kappa shape index (κ1) is 11.5. The molecule has 19 heavy (non-hydrogen) atoms. The Kier molecular flexibility index (Phi) is 2.38. The van der Waals surface area contributed by atoms with E-state index < -0.39 is 0 Å². The number of aromatic amines is 1. The molecule has 3 aromatic rings. The van der Waals surface area contributed by atoms with Gasteiger partial charge in [0, 0.05) is 16.5 Å². The van der Waals surface area contributed by atoms with Crippen molar-refractivity contribution in [1.82, 2.24) is 4.98 Å². The van der Waals surface area contributed by atoms with Crippen molar-refractivity contribution >= 4 is 33.3 Å². The molecule has 0 unspecified atom stereocenters. The van der Waals surface area contributed by atoms with Crippen LogP contribution in [0.1, 0.15) is 17.3 Å². The first-order valence-corrected chi connectivity index (χ1v) is 5.93. The monoisotopic (exact) mass is 252 g/mol. The van der Waals surface area contributed by atoms with Gasteiger partial charge >= 0.3 is 0 Å². The lowest BCUT2D eigenvalue weighted by Crippen LogP contribution is -2.10. The number of fused-ring (bicyclic) bond motifs is 2. The number of anilines is 1. The summed E-state index contributed by atoms with van der Waals surface area (Å²) in [4.78, 5) is 27.1. The van der Waals surface area contributed by atoms with Gasteiger partial charge in [0.25, 0.3) is 0 Å². The van der Waals surface area contributed by atoms with E-state index in [0.717, 1.165) is 5.52 Å². The summed E-state index contributed by atoms with van der Waals surface area (Å²) in [5.74, 6) is -0.146. The molecule has 0 aliphatic rings. The van der Waals surface area contributed by atoms with E-state index in [0.29, 0.717) is 21.9 Å². The maximum Gasteiger partial charge on any atom is 0.199 e. The Hall–Kier alpha value is -2.62. The molecule has 0 saturated heterocycles. The summed E-state index contributed by atoms with van der Waals surface area (Å²) in [6.45, 7) is 1.44. The number of hydrogen-bond acceptors (Lipinski definition) is 3. The van der Waals surface area contributed by atoms with Gasteiger partial charge in [0.05, 0.1) is 16.6 Å². The maximum absolute atomic E-state index is 12.5. The van der Waals surface area contributed by atoms with E-state index in [1.54, 1.807) is 24.3 Å². The van der Waals surface area contributed by atoms with Gasteiger partial charge in [-0.05, 0) is 31.2 Å². The second-order valence-corrected chi connectivity index (χ2v) is 4.51. The molecule has 0 saturated carbocycles. The fraction of sp³-hybridized carbons (Fsp3) is 0.0667. The predicted molar refractivity (Wildman–Crippen MR) is 76.5 cm³/mol. The number of benzene rings is 2. The summed E-state index contributed by atoms with van der Waals surface area (Å²) >= 11 is 0. The van der Waals surface area contributed by atoms with E-state index in [-0.39, 0.29) is 16.9 Å². The number of Topliss-reactive ketones (excluding diaryl/α,β-unsaturated/α-hetero) is 1. The molecule has 4 heteroatoms. The van der Waals surface area contributed by atoms with Crippen LogP contribution in [0, 0.1) is 0 Å². The largest absolute Gasteiger partial charge is 0.397 e. The zero-order chi connectivity index (χ0) is 13.6. The number of H-pyrrole nitrogens is 1. The van der Waals surface area contributed by atoms with Gasteiger partial charge in [0.15, 0.2) is 11.2 Å². The lowest BCUT2D eigenvalue weighted by atomic mass is 10.0. The third kappa shape index (κ3) is 1.61. The number of carbonyl (C=O) groups is 1. The first-order valence-electron chi connectivity index (χ1n) is 5.93.